The Hall–Kier alpha value is -3.12. The third-order valence-corrected chi connectivity index (χ3v) is 6.23. The molecule has 0 aliphatic carbocycles. The third kappa shape index (κ3) is 4.23. The second-order valence-electron chi connectivity index (χ2n) is 6.74. The van der Waals surface area contributed by atoms with Crippen LogP contribution in [0.3, 0.4) is 0 Å². The Morgan fingerprint density at radius 2 is 1.29 bits per heavy atom. The van der Waals surface area contributed by atoms with Crippen LogP contribution in [0.1, 0.15) is 27.0 Å². The van der Waals surface area contributed by atoms with E-state index in [2.05, 4.69) is 10.9 Å². The highest BCUT2D eigenvalue weighted by atomic mass is 32.2. The maximum absolute atomic E-state index is 12.7. The lowest BCUT2D eigenvalue weighted by molar-refractivity contribution is 0.0962. The number of anilines is 1. The molecule has 2 N–H and O–H groups in total. The molecule has 0 fully saturated rings. The van der Waals surface area contributed by atoms with Crippen LogP contribution in [0.25, 0.3) is 0 Å². The van der Waals surface area contributed by atoms with Crippen LogP contribution < -0.4 is 10.9 Å². The van der Waals surface area contributed by atoms with Gasteiger partial charge >= 0.3 is 0 Å². The zero-order chi connectivity index (χ0) is 20.3. The van der Waals surface area contributed by atoms with Gasteiger partial charge in [0.15, 0.2) is 0 Å². The molecule has 0 aliphatic rings. The van der Waals surface area contributed by atoms with Gasteiger partial charge in [0.1, 0.15) is 0 Å². The molecule has 0 radical (unpaired) electrons. The van der Waals surface area contributed by atoms with E-state index in [1.54, 1.807) is 42.5 Å². The topological polar surface area (TPSA) is 75.3 Å². The predicted molar refractivity (Wildman–Crippen MR) is 110 cm³/mol. The number of carbonyl (C=O) groups excluding carboxylic acids is 1. The lowest BCUT2D eigenvalue weighted by atomic mass is 10.1. The van der Waals surface area contributed by atoms with Crippen LogP contribution in [-0.2, 0) is 9.84 Å². The monoisotopic (exact) mass is 394 g/mol. The second-order valence-corrected chi connectivity index (χ2v) is 8.69. The van der Waals surface area contributed by atoms with Crippen molar-refractivity contribution in [3.63, 3.8) is 0 Å². The summed E-state index contributed by atoms with van der Waals surface area (Å²) in [6.07, 6.45) is 0. The zero-order valence-corrected chi connectivity index (χ0v) is 16.8. The van der Waals surface area contributed by atoms with Crippen molar-refractivity contribution in [2.24, 2.45) is 0 Å². The fourth-order valence-electron chi connectivity index (χ4n) is 2.84. The van der Waals surface area contributed by atoms with Gasteiger partial charge in [-0.25, -0.2) is 8.42 Å². The van der Waals surface area contributed by atoms with E-state index in [9.17, 15) is 13.2 Å². The van der Waals surface area contributed by atoms with Gasteiger partial charge in [-0.1, -0.05) is 35.4 Å². The van der Waals surface area contributed by atoms with Gasteiger partial charge in [0.05, 0.1) is 15.5 Å². The number of nitrogens with one attached hydrogen (secondary N) is 2. The van der Waals surface area contributed by atoms with E-state index in [-0.39, 0.29) is 15.7 Å². The average molecular weight is 394 g/mol. The Kier molecular flexibility index (Phi) is 5.51. The number of benzene rings is 3. The van der Waals surface area contributed by atoms with Crippen LogP contribution in [0.2, 0.25) is 0 Å². The second kappa shape index (κ2) is 7.86. The van der Waals surface area contributed by atoms with Gasteiger partial charge in [0, 0.05) is 5.56 Å². The van der Waals surface area contributed by atoms with E-state index in [1.165, 1.54) is 12.1 Å². The van der Waals surface area contributed by atoms with Crippen molar-refractivity contribution in [1.82, 2.24) is 5.43 Å². The molecule has 0 aliphatic heterocycles. The fourth-order valence-corrected chi connectivity index (χ4v) is 4.10. The lowest BCUT2D eigenvalue weighted by Gasteiger charge is -2.11. The molecule has 0 spiro atoms. The van der Waals surface area contributed by atoms with Gasteiger partial charge in [-0.15, -0.1) is 0 Å². The average Bonchev–Trinajstić information content (AvgIpc) is 2.67. The van der Waals surface area contributed by atoms with E-state index in [0.29, 0.717) is 11.3 Å². The summed E-state index contributed by atoms with van der Waals surface area (Å²) in [5.41, 5.74) is 9.59. The minimum Gasteiger partial charge on any atom is -0.298 e. The number of amides is 1. The normalized spacial score (nSPS) is 11.1. The van der Waals surface area contributed by atoms with Crippen LogP contribution in [0.5, 0.6) is 0 Å². The third-order valence-electron chi connectivity index (χ3n) is 4.44. The molecule has 0 heterocycles. The van der Waals surface area contributed by atoms with Gasteiger partial charge in [0.25, 0.3) is 5.91 Å². The van der Waals surface area contributed by atoms with Crippen LogP contribution in [0.4, 0.5) is 5.69 Å². The molecule has 1 amide bonds. The summed E-state index contributed by atoms with van der Waals surface area (Å²) in [7, 11) is -3.57. The Bertz CT molecular complexity index is 1100. The summed E-state index contributed by atoms with van der Waals surface area (Å²) in [5, 5.41) is 0. The minimum atomic E-state index is -3.57. The molecule has 0 unspecified atom stereocenters. The van der Waals surface area contributed by atoms with Crippen molar-refractivity contribution < 1.29 is 13.2 Å². The Balaban J connectivity index is 1.70. The molecule has 3 aromatic carbocycles. The standard InChI is InChI=1S/C22H22N2O3S/c1-15-4-9-19(10-5-15)28(26,27)20-11-7-18(8-12-20)23-24-22(25)21-13-6-16(2)14-17(21)3/h4-14,23H,1-3H3,(H,24,25). The van der Waals surface area contributed by atoms with Crippen LogP contribution in [-0.4, -0.2) is 14.3 Å². The summed E-state index contributed by atoms with van der Waals surface area (Å²) >= 11 is 0. The molecule has 0 atom stereocenters. The highest BCUT2D eigenvalue weighted by molar-refractivity contribution is 7.91. The lowest BCUT2D eigenvalue weighted by Crippen LogP contribution is -2.29. The summed E-state index contributed by atoms with van der Waals surface area (Å²) in [5.74, 6) is -0.256. The molecule has 0 aromatic heterocycles. The molecule has 144 valence electrons. The van der Waals surface area contributed by atoms with Crippen molar-refractivity contribution in [2.75, 3.05) is 5.43 Å². The number of aryl methyl sites for hydroxylation is 3. The summed E-state index contributed by atoms with van der Waals surface area (Å²) in [6.45, 7) is 5.76. The molecule has 3 rings (SSSR count). The zero-order valence-electron chi connectivity index (χ0n) is 16.0. The maximum atomic E-state index is 12.7. The van der Waals surface area contributed by atoms with Crippen molar-refractivity contribution in [1.29, 1.82) is 0 Å². The highest BCUT2D eigenvalue weighted by Gasteiger charge is 2.17. The van der Waals surface area contributed by atoms with E-state index in [4.69, 9.17) is 0 Å². The van der Waals surface area contributed by atoms with Gasteiger partial charge < -0.3 is 0 Å². The number of rotatable bonds is 5. The van der Waals surface area contributed by atoms with Crippen LogP contribution in [0, 0.1) is 20.8 Å². The highest BCUT2D eigenvalue weighted by Crippen LogP contribution is 2.22. The number of hydrogen-bond donors (Lipinski definition) is 2. The Morgan fingerprint density at radius 1 is 0.750 bits per heavy atom. The first-order valence-corrected chi connectivity index (χ1v) is 10.3. The van der Waals surface area contributed by atoms with Crippen molar-refractivity contribution in [3.8, 4) is 0 Å². The quantitative estimate of drug-likeness (QED) is 0.636. The van der Waals surface area contributed by atoms with Crippen LogP contribution >= 0.6 is 0 Å². The first kappa shape index (κ1) is 19.6. The first-order valence-electron chi connectivity index (χ1n) is 8.83. The Labute approximate surface area is 165 Å². The molecule has 28 heavy (non-hydrogen) atoms. The van der Waals surface area contributed by atoms with Crippen molar-refractivity contribution in [2.45, 2.75) is 30.6 Å². The smallest absolute Gasteiger partial charge is 0.269 e. The minimum absolute atomic E-state index is 0.197. The predicted octanol–water partition coefficient (Wildman–Crippen LogP) is 4.20. The van der Waals surface area contributed by atoms with E-state index in [0.717, 1.165) is 16.7 Å². The van der Waals surface area contributed by atoms with Crippen LogP contribution in [0.15, 0.2) is 76.5 Å². The molecular formula is C22H22N2O3S. The molecule has 3 aromatic rings. The SMILES string of the molecule is Cc1ccc(S(=O)(=O)c2ccc(NNC(=O)c3ccc(C)cc3C)cc2)cc1. The fraction of sp³-hybridized carbons (Fsp3) is 0.136. The largest absolute Gasteiger partial charge is 0.298 e. The van der Waals surface area contributed by atoms with Gasteiger partial charge in [0.2, 0.25) is 9.84 Å². The summed E-state index contributed by atoms with van der Waals surface area (Å²) < 4.78 is 25.4. The van der Waals surface area contributed by atoms with Gasteiger partial charge in [-0.2, -0.15) is 0 Å². The van der Waals surface area contributed by atoms with Gasteiger partial charge in [-0.05, 0) is 68.8 Å². The summed E-state index contributed by atoms with van der Waals surface area (Å²) in [4.78, 5) is 12.8. The van der Waals surface area contributed by atoms with E-state index < -0.39 is 9.84 Å². The van der Waals surface area contributed by atoms with Crippen molar-refractivity contribution in [3.05, 3.63) is 89.0 Å². The number of carbonyl (C=O) groups is 1. The Morgan fingerprint density at radius 3 is 1.86 bits per heavy atom. The molecule has 0 bridgehead atoms. The van der Waals surface area contributed by atoms with E-state index in [1.807, 2.05) is 32.9 Å². The number of hydrazine groups is 1. The van der Waals surface area contributed by atoms with E-state index >= 15 is 0 Å². The molecule has 0 saturated heterocycles. The number of hydrogen-bond acceptors (Lipinski definition) is 4. The molecule has 6 heteroatoms. The first-order chi connectivity index (χ1) is 13.3. The molecule has 0 saturated carbocycles. The van der Waals surface area contributed by atoms with Gasteiger partial charge in [-0.3, -0.25) is 15.6 Å². The maximum Gasteiger partial charge on any atom is 0.269 e. The summed E-state index contributed by atoms with van der Waals surface area (Å²) in [6, 6.07) is 18.6. The molecule has 5 nitrogen and oxygen atoms in total. The van der Waals surface area contributed by atoms with Crippen molar-refractivity contribution >= 4 is 21.4 Å². The molecular weight excluding hydrogens is 372 g/mol. The number of sulfone groups is 1.